The Morgan fingerprint density at radius 3 is 2.81 bits per heavy atom. The van der Waals surface area contributed by atoms with Gasteiger partial charge in [0.25, 0.3) is 0 Å². The van der Waals surface area contributed by atoms with Crippen LogP contribution in [-0.2, 0) is 0 Å². The summed E-state index contributed by atoms with van der Waals surface area (Å²) >= 11 is 0. The summed E-state index contributed by atoms with van der Waals surface area (Å²) in [6, 6.07) is 5.62. The van der Waals surface area contributed by atoms with Crippen molar-refractivity contribution in [2.45, 2.75) is 0 Å². The smallest absolute Gasteiger partial charge is 0.379 e. The van der Waals surface area contributed by atoms with Gasteiger partial charge in [0.05, 0.1) is 11.3 Å². The summed E-state index contributed by atoms with van der Waals surface area (Å²) in [5.41, 5.74) is 4.97. The molecule has 10 heteroatoms. The predicted molar refractivity (Wildman–Crippen MR) is 64.5 cm³/mol. The summed E-state index contributed by atoms with van der Waals surface area (Å²) < 4.78 is 23.9. The van der Waals surface area contributed by atoms with Crippen molar-refractivity contribution in [3.05, 3.63) is 40.1 Å². The van der Waals surface area contributed by atoms with Crippen molar-refractivity contribution in [1.29, 1.82) is 5.26 Å². The first-order valence-corrected chi connectivity index (χ1v) is 5.49. The minimum atomic E-state index is -0.971. The third kappa shape index (κ3) is 1.84. The predicted octanol–water partition coefficient (Wildman–Crippen LogP) is 0.468. The molecule has 0 fully saturated rings. The van der Waals surface area contributed by atoms with E-state index in [0.717, 1.165) is 4.57 Å². The molecule has 3 rings (SSSR count). The van der Waals surface area contributed by atoms with Gasteiger partial charge in [-0.1, -0.05) is 11.2 Å². The van der Waals surface area contributed by atoms with E-state index in [0.29, 0.717) is 0 Å². The quantitative estimate of drug-likeness (QED) is 0.718. The summed E-state index contributed by atoms with van der Waals surface area (Å²) in [7, 11) is 0. The van der Waals surface area contributed by atoms with Gasteiger partial charge < -0.3 is 5.73 Å². The van der Waals surface area contributed by atoms with Gasteiger partial charge in [0.15, 0.2) is 17.3 Å². The van der Waals surface area contributed by atoms with Crippen molar-refractivity contribution in [3.8, 4) is 23.3 Å². The minimum absolute atomic E-state index is 0.0809. The molecule has 0 amide bonds. The minimum Gasteiger partial charge on any atom is -0.379 e. The van der Waals surface area contributed by atoms with Crippen molar-refractivity contribution in [2.24, 2.45) is 0 Å². The van der Waals surface area contributed by atoms with Crippen LogP contribution in [0, 0.1) is 17.1 Å². The molecule has 9 nitrogen and oxygen atoms in total. The highest BCUT2D eigenvalue weighted by atomic mass is 19.1. The average Bonchev–Trinajstić information content (AvgIpc) is 3.05. The fraction of sp³-hybridized carbons (Fsp3) is 0. The molecule has 3 aromatic rings. The van der Waals surface area contributed by atoms with E-state index >= 15 is 0 Å². The highest BCUT2D eigenvalue weighted by molar-refractivity contribution is 5.64. The first-order chi connectivity index (χ1) is 10.1. The van der Waals surface area contributed by atoms with Crippen LogP contribution in [-0.4, -0.2) is 20.0 Å². The third-order valence-electron chi connectivity index (χ3n) is 2.67. The van der Waals surface area contributed by atoms with Gasteiger partial charge in [-0.05, 0) is 22.4 Å². The first-order valence-electron chi connectivity index (χ1n) is 5.49. The van der Waals surface area contributed by atoms with Gasteiger partial charge in [-0.3, -0.25) is 4.52 Å². The van der Waals surface area contributed by atoms with E-state index in [1.807, 2.05) is 0 Å². The third-order valence-corrected chi connectivity index (χ3v) is 2.67. The van der Waals surface area contributed by atoms with E-state index in [-0.39, 0.29) is 28.6 Å². The summed E-state index contributed by atoms with van der Waals surface area (Å²) in [5, 5.41) is 19.1. The van der Waals surface area contributed by atoms with Crippen LogP contribution in [0.4, 0.5) is 10.2 Å². The normalized spacial score (nSPS) is 10.5. The van der Waals surface area contributed by atoms with Crippen LogP contribution in [0.1, 0.15) is 5.56 Å². The fourth-order valence-electron chi connectivity index (χ4n) is 1.74. The Labute approximate surface area is 115 Å². The molecule has 0 radical (unpaired) electrons. The van der Waals surface area contributed by atoms with Gasteiger partial charge in [0.2, 0.25) is 5.82 Å². The van der Waals surface area contributed by atoms with Crippen LogP contribution in [0.2, 0.25) is 0 Å². The van der Waals surface area contributed by atoms with Crippen molar-refractivity contribution in [3.63, 3.8) is 0 Å². The number of nitriles is 1. The number of benzene rings is 1. The largest absolute Gasteiger partial charge is 0.446 e. The number of hydrogen-bond donors (Lipinski definition) is 1. The zero-order valence-corrected chi connectivity index (χ0v) is 10.1. The monoisotopic (exact) mass is 288 g/mol. The number of nitrogens with zero attached hydrogens (tertiary/aromatic N) is 5. The molecular formula is C11H5FN6O3. The SMILES string of the molecule is N#Cc1cccc(-n2c(-c3nonc3N)noc2=O)c1F. The summed E-state index contributed by atoms with van der Waals surface area (Å²) in [6.07, 6.45) is 0. The number of rotatable bonds is 2. The van der Waals surface area contributed by atoms with Crippen LogP contribution >= 0.6 is 0 Å². The van der Waals surface area contributed by atoms with E-state index in [9.17, 15) is 9.18 Å². The lowest BCUT2D eigenvalue weighted by atomic mass is 10.2. The molecule has 2 N–H and O–H groups in total. The van der Waals surface area contributed by atoms with Crippen molar-refractivity contribution in [2.75, 3.05) is 5.73 Å². The Morgan fingerprint density at radius 1 is 1.33 bits per heavy atom. The highest BCUT2D eigenvalue weighted by Gasteiger charge is 2.23. The Balaban J connectivity index is 2.31. The topological polar surface area (TPSA) is 137 Å². The van der Waals surface area contributed by atoms with Gasteiger partial charge in [0.1, 0.15) is 6.07 Å². The van der Waals surface area contributed by atoms with Gasteiger partial charge in [0, 0.05) is 0 Å². The molecule has 0 unspecified atom stereocenters. The molecule has 1 aromatic carbocycles. The second-order valence-electron chi connectivity index (χ2n) is 3.86. The van der Waals surface area contributed by atoms with Crippen LogP contribution in [0.5, 0.6) is 0 Å². The van der Waals surface area contributed by atoms with Gasteiger partial charge in [-0.15, -0.1) is 0 Å². The second-order valence-corrected chi connectivity index (χ2v) is 3.86. The molecule has 2 aromatic heterocycles. The van der Waals surface area contributed by atoms with Crippen molar-refractivity contribution < 1.29 is 13.5 Å². The zero-order chi connectivity index (χ0) is 15.0. The molecule has 21 heavy (non-hydrogen) atoms. The second kappa shape index (κ2) is 4.57. The van der Waals surface area contributed by atoms with Crippen LogP contribution in [0.3, 0.4) is 0 Å². The van der Waals surface area contributed by atoms with E-state index in [1.165, 1.54) is 18.2 Å². The van der Waals surface area contributed by atoms with Crippen LogP contribution in [0.25, 0.3) is 17.2 Å². The summed E-state index contributed by atoms with van der Waals surface area (Å²) in [6.45, 7) is 0. The molecule has 0 aliphatic rings. The van der Waals surface area contributed by atoms with E-state index in [4.69, 9.17) is 11.0 Å². The van der Waals surface area contributed by atoms with Crippen molar-refractivity contribution in [1.82, 2.24) is 20.0 Å². The molecule has 0 aliphatic heterocycles. The lowest BCUT2D eigenvalue weighted by molar-refractivity contribution is 0.310. The van der Waals surface area contributed by atoms with Gasteiger partial charge in [-0.25, -0.2) is 18.4 Å². The molecule has 0 atom stereocenters. The first kappa shape index (κ1) is 12.5. The number of anilines is 1. The van der Waals surface area contributed by atoms with Gasteiger partial charge in [-0.2, -0.15) is 5.26 Å². The highest BCUT2D eigenvalue weighted by Crippen LogP contribution is 2.24. The maximum atomic E-state index is 14.2. The van der Waals surface area contributed by atoms with Crippen LogP contribution < -0.4 is 11.5 Å². The van der Waals surface area contributed by atoms with Crippen molar-refractivity contribution >= 4 is 5.82 Å². The standard InChI is InChI=1S/C11H5FN6O3/c12-7-5(4-13)2-1-3-6(7)18-10(17-20-11(18)19)8-9(14)16-21-15-8/h1-3H,(H2,14,16). The molecule has 0 saturated carbocycles. The molecule has 104 valence electrons. The Hall–Kier alpha value is -3.48. The summed E-state index contributed by atoms with van der Waals surface area (Å²) in [5.74, 6) is -2.20. The number of nitrogen functional groups attached to an aromatic ring is 1. The van der Waals surface area contributed by atoms with E-state index in [2.05, 4.69) is 24.6 Å². The number of halogens is 1. The molecule has 0 aliphatic carbocycles. The lowest BCUT2D eigenvalue weighted by Crippen LogP contribution is -2.15. The zero-order valence-electron chi connectivity index (χ0n) is 10.1. The van der Waals surface area contributed by atoms with E-state index < -0.39 is 11.6 Å². The Morgan fingerprint density at radius 2 is 2.14 bits per heavy atom. The Bertz CT molecular complexity index is 919. The summed E-state index contributed by atoms with van der Waals surface area (Å²) in [4.78, 5) is 11.8. The maximum Gasteiger partial charge on any atom is 0.446 e. The Kier molecular flexibility index (Phi) is 2.73. The molecule has 0 bridgehead atoms. The molecule has 0 saturated heterocycles. The molecular weight excluding hydrogens is 283 g/mol. The lowest BCUT2D eigenvalue weighted by Gasteiger charge is -2.04. The van der Waals surface area contributed by atoms with Gasteiger partial charge >= 0.3 is 5.76 Å². The fourth-order valence-corrected chi connectivity index (χ4v) is 1.74. The van der Waals surface area contributed by atoms with Crippen LogP contribution in [0.15, 0.2) is 32.1 Å². The molecule has 0 spiro atoms. The average molecular weight is 288 g/mol. The number of nitrogens with two attached hydrogens (primary N) is 1. The van der Waals surface area contributed by atoms with E-state index in [1.54, 1.807) is 6.07 Å². The number of hydrogen-bond acceptors (Lipinski definition) is 8. The number of aromatic nitrogens is 4. The maximum absolute atomic E-state index is 14.2. The molecule has 2 heterocycles.